The molecule has 0 saturated heterocycles. The summed E-state index contributed by atoms with van der Waals surface area (Å²) in [6.45, 7) is -0.609. The summed E-state index contributed by atoms with van der Waals surface area (Å²) < 4.78 is 26.4. The smallest absolute Gasteiger partial charge is 0.244 e. The number of carbonyl (C=O) groups excluding carboxylic acids is 2. The van der Waals surface area contributed by atoms with Crippen molar-refractivity contribution in [3.05, 3.63) is 99.0 Å². The molecule has 0 aromatic heterocycles. The highest BCUT2D eigenvalue weighted by molar-refractivity contribution is 7.92. The molecule has 11 heteroatoms. The molecule has 3 aromatic carbocycles. The predicted molar refractivity (Wildman–Crippen MR) is 149 cm³/mol. The van der Waals surface area contributed by atoms with Gasteiger partial charge in [-0.25, -0.2) is 8.42 Å². The second-order valence-corrected chi connectivity index (χ2v) is 11.5. The SMILES string of the molecule is CNC(=O)[C@H](Cc1ccccc1)N(Cc1ccccc1Cl)C(=O)CN(c1ccc(Cl)cc1Cl)S(C)(=O)=O. The maximum Gasteiger partial charge on any atom is 0.244 e. The van der Waals surface area contributed by atoms with Gasteiger partial charge in [-0.3, -0.25) is 13.9 Å². The fraction of sp³-hybridized carbons (Fsp3) is 0.231. The lowest BCUT2D eigenvalue weighted by Gasteiger charge is -2.33. The summed E-state index contributed by atoms with van der Waals surface area (Å²) >= 11 is 18.7. The van der Waals surface area contributed by atoms with Gasteiger partial charge in [-0.05, 0) is 35.4 Å². The van der Waals surface area contributed by atoms with E-state index in [0.717, 1.165) is 16.1 Å². The van der Waals surface area contributed by atoms with Crippen LogP contribution in [0.3, 0.4) is 0 Å². The van der Waals surface area contributed by atoms with Gasteiger partial charge >= 0.3 is 0 Å². The van der Waals surface area contributed by atoms with E-state index in [2.05, 4.69) is 5.32 Å². The minimum Gasteiger partial charge on any atom is -0.357 e. The van der Waals surface area contributed by atoms with Crippen molar-refractivity contribution in [3.8, 4) is 0 Å². The Hall–Kier alpha value is -2.78. The number of amides is 2. The molecule has 0 heterocycles. The molecule has 3 rings (SSSR count). The fourth-order valence-corrected chi connectivity index (χ4v) is 5.43. The van der Waals surface area contributed by atoms with E-state index < -0.39 is 34.4 Å². The lowest BCUT2D eigenvalue weighted by Crippen LogP contribution is -2.53. The second kappa shape index (κ2) is 12.6. The Morgan fingerprint density at radius 2 is 1.57 bits per heavy atom. The van der Waals surface area contributed by atoms with E-state index in [-0.39, 0.29) is 23.7 Å². The standard InChI is InChI=1S/C26H26Cl3N3O4S/c1-30-26(34)24(14-18-8-4-3-5-9-18)31(16-19-10-6-7-11-21(19)28)25(33)17-32(37(2,35)36)23-13-12-20(27)15-22(23)29/h3-13,15,24H,14,16-17H2,1-2H3,(H,30,34)/t24-/m0/s1. The zero-order valence-corrected chi connectivity index (χ0v) is 23.3. The van der Waals surface area contributed by atoms with Crippen LogP contribution in [0.4, 0.5) is 5.69 Å². The summed E-state index contributed by atoms with van der Waals surface area (Å²) in [6, 6.07) is 19.5. The van der Waals surface area contributed by atoms with Crippen LogP contribution in [0.5, 0.6) is 0 Å². The van der Waals surface area contributed by atoms with Crippen molar-refractivity contribution in [2.45, 2.75) is 19.0 Å². The largest absolute Gasteiger partial charge is 0.357 e. The predicted octanol–water partition coefficient (Wildman–Crippen LogP) is 4.80. The second-order valence-electron chi connectivity index (χ2n) is 8.30. The number of hydrogen-bond acceptors (Lipinski definition) is 4. The number of hydrogen-bond donors (Lipinski definition) is 1. The van der Waals surface area contributed by atoms with Crippen LogP contribution in [0.15, 0.2) is 72.8 Å². The average Bonchev–Trinajstić information content (AvgIpc) is 2.85. The van der Waals surface area contributed by atoms with E-state index in [1.807, 2.05) is 30.3 Å². The molecule has 37 heavy (non-hydrogen) atoms. The number of halogens is 3. The number of rotatable bonds is 10. The van der Waals surface area contributed by atoms with Crippen LogP contribution < -0.4 is 9.62 Å². The van der Waals surface area contributed by atoms with Crippen molar-refractivity contribution >= 4 is 62.3 Å². The third kappa shape index (κ3) is 7.61. The van der Waals surface area contributed by atoms with Crippen LogP contribution in [0.2, 0.25) is 15.1 Å². The van der Waals surface area contributed by atoms with Gasteiger partial charge in [0.25, 0.3) is 0 Å². The number of sulfonamides is 1. The van der Waals surface area contributed by atoms with Crippen molar-refractivity contribution in [3.63, 3.8) is 0 Å². The molecule has 1 atom stereocenters. The highest BCUT2D eigenvalue weighted by atomic mass is 35.5. The maximum absolute atomic E-state index is 13.8. The number of nitrogens with zero attached hydrogens (tertiary/aromatic N) is 2. The Morgan fingerprint density at radius 1 is 0.919 bits per heavy atom. The molecule has 0 aliphatic rings. The van der Waals surface area contributed by atoms with Gasteiger partial charge in [0, 0.05) is 30.1 Å². The van der Waals surface area contributed by atoms with Crippen LogP contribution in [0.1, 0.15) is 11.1 Å². The number of likely N-dealkylation sites (N-methyl/N-ethyl adjacent to an activating group) is 1. The molecule has 0 radical (unpaired) electrons. The van der Waals surface area contributed by atoms with Gasteiger partial charge in [0.15, 0.2) is 0 Å². The summed E-state index contributed by atoms with van der Waals surface area (Å²) in [5.74, 6) is -1.01. The monoisotopic (exact) mass is 581 g/mol. The summed E-state index contributed by atoms with van der Waals surface area (Å²) in [6.07, 6.45) is 1.18. The van der Waals surface area contributed by atoms with E-state index >= 15 is 0 Å². The van der Waals surface area contributed by atoms with Gasteiger partial charge in [-0.1, -0.05) is 83.3 Å². The first-order valence-corrected chi connectivity index (χ1v) is 14.2. The van der Waals surface area contributed by atoms with Crippen molar-refractivity contribution < 1.29 is 18.0 Å². The first-order chi connectivity index (χ1) is 17.5. The van der Waals surface area contributed by atoms with Crippen LogP contribution >= 0.6 is 34.8 Å². The molecular weight excluding hydrogens is 557 g/mol. The van der Waals surface area contributed by atoms with Gasteiger partial charge in [0.1, 0.15) is 12.6 Å². The van der Waals surface area contributed by atoms with Crippen molar-refractivity contribution in [1.82, 2.24) is 10.2 Å². The van der Waals surface area contributed by atoms with Crippen molar-refractivity contribution in [2.75, 3.05) is 24.2 Å². The molecule has 1 N–H and O–H groups in total. The molecule has 196 valence electrons. The van der Waals surface area contributed by atoms with E-state index in [0.29, 0.717) is 15.6 Å². The molecule has 3 aromatic rings. The molecule has 0 aliphatic heterocycles. The van der Waals surface area contributed by atoms with Gasteiger partial charge in [0.2, 0.25) is 21.8 Å². The average molecular weight is 583 g/mol. The summed E-state index contributed by atoms with van der Waals surface area (Å²) in [5, 5.41) is 3.41. The van der Waals surface area contributed by atoms with Gasteiger partial charge in [-0.2, -0.15) is 0 Å². The topological polar surface area (TPSA) is 86.8 Å². The number of anilines is 1. The van der Waals surface area contributed by atoms with Gasteiger partial charge in [-0.15, -0.1) is 0 Å². The maximum atomic E-state index is 13.8. The Labute approximate surface area is 232 Å². The Kier molecular flexibility index (Phi) is 9.84. The fourth-order valence-electron chi connectivity index (χ4n) is 3.81. The lowest BCUT2D eigenvalue weighted by molar-refractivity contribution is -0.139. The van der Waals surface area contributed by atoms with Crippen LogP contribution in [-0.4, -0.2) is 51.0 Å². The third-order valence-corrected chi connectivity index (χ3v) is 7.71. The zero-order chi connectivity index (χ0) is 27.2. The minimum atomic E-state index is -3.94. The molecule has 0 aliphatic carbocycles. The molecule has 0 fully saturated rings. The highest BCUT2D eigenvalue weighted by Crippen LogP contribution is 2.31. The Bertz CT molecular complexity index is 1370. The molecule has 7 nitrogen and oxygen atoms in total. The molecule has 0 bridgehead atoms. The molecular formula is C26H26Cl3N3O4S. The van der Waals surface area contributed by atoms with Crippen LogP contribution in [0.25, 0.3) is 0 Å². The third-order valence-electron chi connectivity index (χ3n) is 5.67. The Morgan fingerprint density at radius 3 is 2.16 bits per heavy atom. The van der Waals surface area contributed by atoms with Gasteiger partial charge in [0.05, 0.1) is 17.0 Å². The normalized spacial score (nSPS) is 12.0. The van der Waals surface area contributed by atoms with Crippen molar-refractivity contribution in [1.29, 1.82) is 0 Å². The van der Waals surface area contributed by atoms with Crippen LogP contribution in [-0.2, 0) is 32.6 Å². The summed E-state index contributed by atoms with van der Waals surface area (Å²) in [5.41, 5.74) is 1.53. The molecule has 0 spiro atoms. The first kappa shape index (κ1) is 28.8. The van der Waals surface area contributed by atoms with E-state index in [1.54, 1.807) is 24.3 Å². The lowest BCUT2D eigenvalue weighted by atomic mass is 10.0. The summed E-state index contributed by atoms with van der Waals surface area (Å²) in [7, 11) is -2.46. The van der Waals surface area contributed by atoms with Crippen LogP contribution in [0, 0.1) is 0 Å². The molecule has 2 amide bonds. The van der Waals surface area contributed by atoms with E-state index in [1.165, 1.54) is 30.1 Å². The van der Waals surface area contributed by atoms with E-state index in [9.17, 15) is 18.0 Å². The number of nitrogens with one attached hydrogen (secondary N) is 1. The zero-order valence-electron chi connectivity index (χ0n) is 20.2. The number of carbonyl (C=O) groups is 2. The molecule has 0 unspecified atom stereocenters. The highest BCUT2D eigenvalue weighted by Gasteiger charge is 2.33. The van der Waals surface area contributed by atoms with Crippen molar-refractivity contribution in [2.24, 2.45) is 0 Å². The Balaban J connectivity index is 2.06. The summed E-state index contributed by atoms with van der Waals surface area (Å²) in [4.78, 5) is 28.3. The molecule has 0 saturated carbocycles. The van der Waals surface area contributed by atoms with Gasteiger partial charge < -0.3 is 10.2 Å². The van der Waals surface area contributed by atoms with E-state index in [4.69, 9.17) is 34.8 Å². The quantitative estimate of drug-likeness (QED) is 0.372. The first-order valence-electron chi connectivity index (χ1n) is 11.2. The number of benzene rings is 3. The minimum absolute atomic E-state index is 0.0185.